The second-order valence-corrected chi connectivity index (χ2v) is 4.81. The smallest absolute Gasteiger partial charge is 0.200 e. The van der Waals surface area contributed by atoms with Gasteiger partial charge in [-0.05, 0) is 37.3 Å². The summed E-state index contributed by atoms with van der Waals surface area (Å²) in [6.07, 6.45) is 0. The minimum Gasteiger partial charge on any atom is -0.496 e. The Labute approximate surface area is 123 Å². The van der Waals surface area contributed by atoms with Crippen LogP contribution >= 0.6 is 11.6 Å². The zero-order valence-corrected chi connectivity index (χ0v) is 12.3. The average Bonchev–Trinajstić information content (AvgIpc) is 2.46. The molecule has 104 valence electrons. The second-order valence-electron chi connectivity index (χ2n) is 4.38. The Kier molecular flexibility index (Phi) is 4.30. The third-order valence-corrected chi connectivity index (χ3v) is 3.24. The maximum atomic E-state index is 12.7. The van der Waals surface area contributed by atoms with Crippen LogP contribution in [-0.2, 0) is 0 Å². The topological polar surface area (TPSA) is 35.5 Å². The fraction of sp³-hybridized carbons (Fsp3) is 0.188. The van der Waals surface area contributed by atoms with Crippen molar-refractivity contribution in [2.45, 2.75) is 6.92 Å². The van der Waals surface area contributed by atoms with Gasteiger partial charge in [-0.25, -0.2) is 0 Å². The summed E-state index contributed by atoms with van der Waals surface area (Å²) < 4.78 is 10.5. The van der Waals surface area contributed by atoms with E-state index < -0.39 is 0 Å². The number of carbonyl (C=O) groups excluding carboxylic acids is 1. The molecule has 0 aliphatic carbocycles. The van der Waals surface area contributed by atoms with E-state index in [0.29, 0.717) is 27.6 Å². The molecule has 0 aromatic heterocycles. The molecule has 20 heavy (non-hydrogen) atoms. The van der Waals surface area contributed by atoms with E-state index in [1.165, 1.54) is 7.11 Å². The van der Waals surface area contributed by atoms with E-state index in [1.54, 1.807) is 37.4 Å². The van der Waals surface area contributed by atoms with Crippen LogP contribution in [0.5, 0.6) is 11.5 Å². The number of ether oxygens (including phenoxy) is 2. The predicted octanol–water partition coefficient (Wildman–Crippen LogP) is 3.90. The van der Waals surface area contributed by atoms with Crippen LogP contribution in [0.2, 0.25) is 5.02 Å². The standard InChI is InChI=1S/C16H15ClO3/c1-10-4-7-14(19-2)13(8-10)16(18)12-6-5-11(17)9-15(12)20-3/h4-9H,1-3H3. The maximum Gasteiger partial charge on any atom is 0.200 e. The molecule has 0 saturated carbocycles. The van der Waals surface area contributed by atoms with Gasteiger partial charge in [-0.2, -0.15) is 0 Å². The fourth-order valence-electron chi connectivity index (χ4n) is 2.00. The highest BCUT2D eigenvalue weighted by Gasteiger charge is 2.18. The summed E-state index contributed by atoms with van der Waals surface area (Å²) in [5.41, 5.74) is 1.95. The number of carbonyl (C=O) groups is 1. The number of hydrogen-bond acceptors (Lipinski definition) is 3. The Morgan fingerprint density at radius 2 is 1.65 bits per heavy atom. The largest absolute Gasteiger partial charge is 0.496 e. The molecule has 0 unspecified atom stereocenters. The van der Waals surface area contributed by atoms with E-state index in [4.69, 9.17) is 21.1 Å². The highest BCUT2D eigenvalue weighted by Crippen LogP contribution is 2.29. The van der Waals surface area contributed by atoms with Crippen LogP contribution in [0.1, 0.15) is 21.5 Å². The Balaban J connectivity index is 2.54. The van der Waals surface area contributed by atoms with Crippen molar-refractivity contribution in [2.24, 2.45) is 0 Å². The molecular weight excluding hydrogens is 276 g/mol. The van der Waals surface area contributed by atoms with Crippen LogP contribution in [0.4, 0.5) is 0 Å². The van der Waals surface area contributed by atoms with Crippen LogP contribution in [0, 0.1) is 6.92 Å². The Hall–Kier alpha value is -2.00. The summed E-state index contributed by atoms with van der Waals surface area (Å²) in [6, 6.07) is 10.4. The van der Waals surface area contributed by atoms with Gasteiger partial charge in [0.1, 0.15) is 11.5 Å². The van der Waals surface area contributed by atoms with Crippen molar-refractivity contribution in [2.75, 3.05) is 14.2 Å². The van der Waals surface area contributed by atoms with Crippen molar-refractivity contribution in [1.82, 2.24) is 0 Å². The first-order valence-corrected chi connectivity index (χ1v) is 6.47. The fourth-order valence-corrected chi connectivity index (χ4v) is 2.16. The van der Waals surface area contributed by atoms with E-state index >= 15 is 0 Å². The SMILES string of the molecule is COc1cc(Cl)ccc1C(=O)c1cc(C)ccc1OC. The zero-order chi connectivity index (χ0) is 14.7. The summed E-state index contributed by atoms with van der Waals surface area (Å²) in [6.45, 7) is 1.93. The van der Waals surface area contributed by atoms with Gasteiger partial charge < -0.3 is 9.47 Å². The zero-order valence-electron chi connectivity index (χ0n) is 11.6. The summed E-state index contributed by atoms with van der Waals surface area (Å²) in [5, 5.41) is 0.523. The molecule has 3 nitrogen and oxygen atoms in total. The van der Waals surface area contributed by atoms with Crippen molar-refractivity contribution in [3.05, 3.63) is 58.1 Å². The quantitative estimate of drug-likeness (QED) is 0.801. The van der Waals surface area contributed by atoms with E-state index in [0.717, 1.165) is 5.56 Å². The Morgan fingerprint density at radius 3 is 2.30 bits per heavy atom. The minimum absolute atomic E-state index is 0.154. The van der Waals surface area contributed by atoms with Gasteiger partial charge >= 0.3 is 0 Å². The van der Waals surface area contributed by atoms with Gasteiger partial charge in [0.05, 0.1) is 25.3 Å². The lowest BCUT2D eigenvalue weighted by molar-refractivity contribution is 0.103. The van der Waals surface area contributed by atoms with Crippen molar-refractivity contribution < 1.29 is 14.3 Å². The third-order valence-electron chi connectivity index (χ3n) is 3.01. The number of halogens is 1. The molecule has 4 heteroatoms. The molecule has 0 spiro atoms. The number of methoxy groups -OCH3 is 2. The van der Waals surface area contributed by atoms with Crippen LogP contribution in [0.15, 0.2) is 36.4 Å². The first-order chi connectivity index (χ1) is 9.56. The van der Waals surface area contributed by atoms with Crippen LogP contribution in [0.3, 0.4) is 0 Å². The lowest BCUT2D eigenvalue weighted by Crippen LogP contribution is -2.06. The summed E-state index contributed by atoms with van der Waals surface area (Å²) in [5.74, 6) is 0.836. The Bertz CT molecular complexity index is 650. The molecule has 0 aliphatic rings. The van der Waals surface area contributed by atoms with Crippen LogP contribution in [0.25, 0.3) is 0 Å². The number of benzene rings is 2. The molecule has 0 fully saturated rings. The van der Waals surface area contributed by atoms with Crippen molar-refractivity contribution >= 4 is 17.4 Å². The van der Waals surface area contributed by atoms with Crippen molar-refractivity contribution in [3.63, 3.8) is 0 Å². The molecule has 0 amide bonds. The molecule has 0 N–H and O–H groups in total. The highest BCUT2D eigenvalue weighted by atomic mass is 35.5. The molecule has 0 radical (unpaired) electrons. The summed E-state index contributed by atoms with van der Waals surface area (Å²) >= 11 is 5.91. The first kappa shape index (κ1) is 14.4. The lowest BCUT2D eigenvalue weighted by atomic mass is 10.00. The number of aryl methyl sites for hydroxylation is 1. The molecule has 0 heterocycles. The molecule has 0 atom stereocenters. The van der Waals surface area contributed by atoms with Gasteiger partial charge in [-0.15, -0.1) is 0 Å². The molecule has 2 aromatic rings. The van der Waals surface area contributed by atoms with Gasteiger partial charge in [0.15, 0.2) is 5.78 Å². The molecular formula is C16H15ClO3. The minimum atomic E-state index is -0.154. The summed E-state index contributed by atoms with van der Waals surface area (Å²) in [4.78, 5) is 12.7. The number of hydrogen-bond donors (Lipinski definition) is 0. The normalized spacial score (nSPS) is 10.2. The summed E-state index contributed by atoms with van der Waals surface area (Å²) in [7, 11) is 3.05. The number of ketones is 1. The highest BCUT2D eigenvalue weighted by molar-refractivity contribution is 6.31. The van der Waals surface area contributed by atoms with Crippen LogP contribution < -0.4 is 9.47 Å². The average molecular weight is 291 g/mol. The molecule has 2 rings (SSSR count). The van der Waals surface area contributed by atoms with Gasteiger partial charge in [-0.1, -0.05) is 23.2 Å². The van der Waals surface area contributed by atoms with E-state index in [-0.39, 0.29) is 5.78 Å². The van der Waals surface area contributed by atoms with E-state index in [9.17, 15) is 4.79 Å². The number of rotatable bonds is 4. The van der Waals surface area contributed by atoms with E-state index in [1.807, 2.05) is 13.0 Å². The molecule has 0 bridgehead atoms. The predicted molar refractivity (Wildman–Crippen MR) is 79.2 cm³/mol. The van der Waals surface area contributed by atoms with Crippen molar-refractivity contribution in [1.29, 1.82) is 0 Å². The Morgan fingerprint density at radius 1 is 0.950 bits per heavy atom. The van der Waals surface area contributed by atoms with E-state index in [2.05, 4.69) is 0 Å². The van der Waals surface area contributed by atoms with Gasteiger partial charge in [-0.3, -0.25) is 4.79 Å². The van der Waals surface area contributed by atoms with Crippen LogP contribution in [-0.4, -0.2) is 20.0 Å². The lowest BCUT2D eigenvalue weighted by Gasteiger charge is -2.11. The van der Waals surface area contributed by atoms with Crippen molar-refractivity contribution in [3.8, 4) is 11.5 Å². The maximum absolute atomic E-state index is 12.7. The molecule has 0 saturated heterocycles. The van der Waals surface area contributed by atoms with Gasteiger partial charge in [0, 0.05) is 5.02 Å². The molecule has 2 aromatic carbocycles. The first-order valence-electron chi connectivity index (χ1n) is 6.09. The molecule has 0 aliphatic heterocycles. The monoisotopic (exact) mass is 290 g/mol. The van der Waals surface area contributed by atoms with Gasteiger partial charge in [0.25, 0.3) is 0 Å². The second kappa shape index (κ2) is 5.97. The third kappa shape index (κ3) is 2.78. The van der Waals surface area contributed by atoms with Gasteiger partial charge in [0.2, 0.25) is 0 Å².